The number of carbonyl (C=O) groups is 1. The van der Waals surface area contributed by atoms with Gasteiger partial charge in [-0.3, -0.25) is 4.79 Å². The second-order valence-electron chi connectivity index (χ2n) is 4.25. The van der Waals surface area contributed by atoms with Crippen LogP contribution in [0.25, 0.3) is 0 Å². The number of hydrogen-bond donors (Lipinski definition) is 0. The van der Waals surface area contributed by atoms with Gasteiger partial charge in [-0.15, -0.1) is 0 Å². The second-order valence-corrected chi connectivity index (χ2v) is 4.25. The zero-order chi connectivity index (χ0) is 8.77. The number of hydrogen-bond acceptors (Lipinski definition) is 2. The molecule has 0 radical (unpaired) electrons. The van der Waals surface area contributed by atoms with Gasteiger partial charge in [0.25, 0.3) is 0 Å². The molecule has 0 atom stereocenters. The Morgan fingerprint density at radius 1 is 1.33 bits per heavy atom. The van der Waals surface area contributed by atoms with E-state index in [1.165, 1.54) is 5.57 Å². The summed E-state index contributed by atoms with van der Waals surface area (Å²) in [7, 11) is 0. The van der Waals surface area contributed by atoms with E-state index >= 15 is 0 Å². The predicted octanol–water partition coefficient (Wildman–Crippen LogP) is 2.19. The summed E-state index contributed by atoms with van der Waals surface area (Å²) in [5.74, 6) is 0.896. The van der Waals surface area contributed by atoms with E-state index in [2.05, 4.69) is 0 Å². The van der Waals surface area contributed by atoms with E-state index < -0.39 is 0 Å². The first kappa shape index (κ1) is 7.84. The van der Waals surface area contributed by atoms with Crippen LogP contribution in [0.1, 0.15) is 39.5 Å². The molecular formula is C10H14O2. The third kappa shape index (κ3) is 1.15. The summed E-state index contributed by atoms with van der Waals surface area (Å²) < 4.78 is 5.60. The van der Waals surface area contributed by atoms with Gasteiger partial charge in [0.1, 0.15) is 5.60 Å². The molecule has 1 aliphatic heterocycles. The highest BCUT2D eigenvalue weighted by Crippen LogP contribution is 2.39. The highest BCUT2D eigenvalue weighted by Gasteiger charge is 2.36. The van der Waals surface area contributed by atoms with E-state index in [1.54, 1.807) is 0 Å². The fourth-order valence-corrected chi connectivity index (χ4v) is 2.01. The maximum absolute atomic E-state index is 11.4. The van der Waals surface area contributed by atoms with Gasteiger partial charge in [-0.25, -0.2) is 0 Å². The van der Waals surface area contributed by atoms with Crippen molar-refractivity contribution >= 4 is 5.78 Å². The molecule has 12 heavy (non-hydrogen) atoms. The van der Waals surface area contributed by atoms with Crippen LogP contribution in [-0.4, -0.2) is 11.4 Å². The zero-order valence-electron chi connectivity index (χ0n) is 7.64. The Morgan fingerprint density at radius 3 is 2.75 bits per heavy atom. The average Bonchev–Trinajstić information content (AvgIpc) is 2.25. The molecule has 0 spiro atoms. The highest BCUT2D eigenvalue weighted by molar-refractivity contribution is 5.95. The van der Waals surface area contributed by atoms with Crippen molar-refractivity contribution in [2.24, 2.45) is 0 Å². The molecule has 2 rings (SSSR count). The maximum Gasteiger partial charge on any atom is 0.197 e. The standard InChI is InChI=1S/C10H14O2/c1-10(2)6-7-4-3-5-8(11)9(7)12-10/h3-6H2,1-2H3. The van der Waals surface area contributed by atoms with E-state index in [4.69, 9.17) is 4.74 Å². The summed E-state index contributed by atoms with van der Waals surface area (Å²) in [6.45, 7) is 4.08. The van der Waals surface area contributed by atoms with Crippen LogP contribution in [0.5, 0.6) is 0 Å². The van der Waals surface area contributed by atoms with Crippen molar-refractivity contribution in [1.29, 1.82) is 0 Å². The lowest BCUT2D eigenvalue weighted by atomic mass is 9.92. The first-order chi connectivity index (χ1) is 5.58. The normalized spacial score (nSPS) is 27.0. The first-order valence-corrected chi connectivity index (χ1v) is 4.53. The number of ether oxygens (including phenoxy) is 1. The highest BCUT2D eigenvalue weighted by atomic mass is 16.5. The van der Waals surface area contributed by atoms with E-state index in [-0.39, 0.29) is 11.4 Å². The van der Waals surface area contributed by atoms with Crippen molar-refractivity contribution in [3.05, 3.63) is 11.3 Å². The fourth-order valence-electron chi connectivity index (χ4n) is 2.01. The Labute approximate surface area is 72.6 Å². The van der Waals surface area contributed by atoms with Crippen LogP contribution < -0.4 is 0 Å². The van der Waals surface area contributed by atoms with Gasteiger partial charge in [0.15, 0.2) is 11.5 Å². The zero-order valence-corrected chi connectivity index (χ0v) is 7.64. The van der Waals surface area contributed by atoms with E-state index in [0.717, 1.165) is 19.3 Å². The summed E-state index contributed by atoms with van der Waals surface area (Å²) in [4.78, 5) is 11.4. The molecule has 0 saturated heterocycles. The lowest BCUT2D eigenvalue weighted by Crippen LogP contribution is -2.19. The molecule has 0 aromatic rings. The summed E-state index contributed by atoms with van der Waals surface area (Å²) in [5, 5.41) is 0. The van der Waals surface area contributed by atoms with Crippen molar-refractivity contribution in [2.75, 3.05) is 0 Å². The minimum atomic E-state index is -0.134. The molecular weight excluding hydrogens is 152 g/mol. The van der Waals surface area contributed by atoms with Gasteiger partial charge in [0, 0.05) is 12.8 Å². The molecule has 0 unspecified atom stereocenters. The molecule has 0 fully saturated rings. The van der Waals surface area contributed by atoms with Gasteiger partial charge in [-0.1, -0.05) is 0 Å². The number of carbonyl (C=O) groups excluding carboxylic acids is 1. The van der Waals surface area contributed by atoms with E-state index in [9.17, 15) is 4.79 Å². The van der Waals surface area contributed by atoms with E-state index in [0.29, 0.717) is 12.2 Å². The lowest BCUT2D eigenvalue weighted by Gasteiger charge is -2.18. The van der Waals surface area contributed by atoms with Crippen LogP contribution in [0.4, 0.5) is 0 Å². The molecule has 2 heteroatoms. The Hall–Kier alpha value is -0.790. The number of rotatable bonds is 0. The summed E-state index contributed by atoms with van der Waals surface area (Å²) >= 11 is 0. The molecule has 0 N–H and O–H groups in total. The van der Waals surface area contributed by atoms with Gasteiger partial charge in [-0.2, -0.15) is 0 Å². The summed E-state index contributed by atoms with van der Waals surface area (Å²) in [5.41, 5.74) is 1.11. The van der Waals surface area contributed by atoms with Crippen LogP contribution in [0.2, 0.25) is 0 Å². The van der Waals surface area contributed by atoms with Gasteiger partial charge in [-0.05, 0) is 32.3 Å². The Morgan fingerprint density at radius 2 is 2.08 bits per heavy atom. The largest absolute Gasteiger partial charge is 0.484 e. The number of Topliss-reactive ketones (excluding diaryl/α,β-unsaturated/α-hetero) is 1. The third-order valence-electron chi connectivity index (χ3n) is 2.47. The van der Waals surface area contributed by atoms with Crippen LogP contribution in [0.15, 0.2) is 11.3 Å². The van der Waals surface area contributed by atoms with Crippen molar-refractivity contribution in [1.82, 2.24) is 0 Å². The summed E-state index contributed by atoms with van der Waals surface area (Å²) in [6, 6.07) is 0. The van der Waals surface area contributed by atoms with Crippen LogP contribution in [0, 0.1) is 0 Å². The molecule has 0 saturated carbocycles. The number of allylic oxidation sites excluding steroid dienone is 1. The molecule has 2 nitrogen and oxygen atoms in total. The van der Waals surface area contributed by atoms with Gasteiger partial charge >= 0.3 is 0 Å². The van der Waals surface area contributed by atoms with Gasteiger partial charge < -0.3 is 4.74 Å². The van der Waals surface area contributed by atoms with Gasteiger partial charge in [0.2, 0.25) is 0 Å². The molecule has 1 aliphatic carbocycles. The average molecular weight is 166 g/mol. The Kier molecular flexibility index (Phi) is 1.53. The molecule has 0 aromatic heterocycles. The van der Waals surface area contributed by atoms with Crippen molar-refractivity contribution in [3.8, 4) is 0 Å². The quantitative estimate of drug-likeness (QED) is 0.551. The predicted molar refractivity (Wildman–Crippen MR) is 45.7 cm³/mol. The van der Waals surface area contributed by atoms with Crippen LogP contribution >= 0.6 is 0 Å². The van der Waals surface area contributed by atoms with Crippen LogP contribution in [-0.2, 0) is 9.53 Å². The first-order valence-electron chi connectivity index (χ1n) is 4.53. The minimum absolute atomic E-state index is 0.134. The molecule has 0 bridgehead atoms. The Balaban J connectivity index is 2.27. The van der Waals surface area contributed by atoms with Crippen molar-refractivity contribution < 1.29 is 9.53 Å². The number of ketones is 1. The third-order valence-corrected chi connectivity index (χ3v) is 2.47. The SMILES string of the molecule is CC1(C)CC2=C(O1)C(=O)CCC2. The second kappa shape index (κ2) is 2.35. The maximum atomic E-state index is 11.4. The molecule has 0 aromatic carbocycles. The Bertz CT molecular complexity index is 261. The molecule has 0 amide bonds. The monoisotopic (exact) mass is 166 g/mol. The summed E-state index contributed by atoms with van der Waals surface area (Å²) in [6.07, 6.45) is 3.69. The molecule has 1 heterocycles. The smallest absolute Gasteiger partial charge is 0.197 e. The molecule has 66 valence electrons. The minimum Gasteiger partial charge on any atom is -0.484 e. The lowest BCUT2D eigenvalue weighted by molar-refractivity contribution is -0.120. The fraction of sp³-hybridized carbons (Fsp3) is 0.700. The van der Waals surface area contributed by atoms with Crippen molar-refractivity contribution in [3.63, 3.8) is 0 Å². The van der Waals surface area contributed by atoms with Gasteiger partial charge in [0.05, 0.1) is 0 Å². The molecule has 2 aliphatic rings. The van der Waals surface area contributed by atoms with E-state index in [1.807, 2.05) is 13.8 Å². The van der Waals surface area contributed by atoms with Crippen molar-refractivity contribution in [2.45, 2.75) is 45.1 Å². The topological polar surface area (TPSA) is 26.3 Å². The van der Waals surface area contributed by atoms with Crippen LogP contribution in [0.3, 0.4) is 0 Å².